The van der Waals surface area contributed by atoms with Gasteiger partial charge in [-0.2, -0.15) is 10.1 Å². The zero-order valence-corrected chi connectivity index (χ0v) is 17.4. The number of aromatic nitrogens is 4. The van der Waals surface area contributed by atoms with Crippen LogP contribution in [-0.4, -0.2) is 49.6 Å². The van der Waals surface area contributed by atoms with Crippen molar-refractivity contribution in [3.05, 3.63) is 72.2 Å². The number of alkyl halides is 2. The van der Waals surface area contributed by atoms with Crippen LogP contribution in [0.4, 0.5) is 8.78 Å². The Bertz CT molecular complexity index is 1240. The summed E-state index contributed by atoms with van der Waals surface area (Å²) in [6.07, 6.45) is -2.32. The summed E-state index contributed by atoms with van der Waals surface area (Å²) in [4.78, 5) is 16.3. The second-order valence-electron chi connectivity index (χ2n) is 8.15. The third kappa shape index (κ3) is 3.86. The van der Waals surface area contributed by atoms with Crippen LogP contribution in [0.25, 0.3) is 17.1 Å². The van der Waals surface area contributed by atoms with Crippen molar-refractivity contribution in [2.24, 2.45) is 5.92 Å². The number of pyridine rings is 1. The molecule has 3 heterocycles. The van der Waals surface area contributed by atoms with Crippen molar-refractivity contribution in [3.63, 3.8) is 0 Å². The Morgan fingerprint density at radius 2 is 2.03 bits per heavy atom. The number of amides is 1. The molecule has 10 heteroatoms. The third-order valence-electron chi connectivity index (χ3n) is 6.05. The highest BCUT2D eigenvalue weighted by Gasteiger charge is 2.54. The average molecular weight is 453 g/mol. The minimum absolute atomic E-state index is 0.0226. The molecule has 170 valence electrons. The second kappa shape index (κ2) is 8.36. The number of aliphatic hydroxyl groups is 1. The molecule has 1 fully saturated rings. The van der Waals surface area contributed by atoms with Crippen LogP contribution in [0, 0.1) is 5.92 Å². The number of hydrogen-bond donors (Lipinski definition) is 2. The molecule has 0 radical (unpaired) electrons. The first-order chi connectivity index (χ1) is 16.0. The number of halogens is 2. The van der Waals surface area contributed by atoms with Gasteiger partial charge in [-0.3, -0.25) is 4.79 Å². The summed E-state index contributed by atoms with van der Waals surface area (Å²) >= 11 is 0. The van der Waals surface area contributed by atoms with Crippen LogP contribution in [0.5, 0.6) is 0 Å². The van der Waals surface area contributed by atoms with Gasteiger partial charge in [-0.25, -0.2) is 13.3 Å². The minimum atomic E-state index is -2.51. The van der Waals surface area contributed by atoms with Gasteiger partial charge in [-0.15, -0.1) is 0 Å². The van der Waals surface area contributed by atoms with E-state index in [9.17, 15) is 9.90 Å². The molecule has 5 rings (SSSR count). The van der Waals surface area contributed by atoms with Crippen LogP contribution in [0.15, 0.2) is 65.3 Å². The van der Waals surface area contributed by atoms with Crippen LogP contribution in [-0.2, 0) is 5.67 Å². The van der Waals surface area contributed by atoms with E-state index in [1.165, 1.54) is 0 Å². The highest BCUT2D eigenvalue weighted by Crippen LogP contribution is 2.43. The van der Waals surface area contributed by atoms with E-state index in [0.717, 1.165) is 5.52 Å². The molecule has 0 aliphatic heterocycles. The minimum Gasteiger partial charge on any atom is -0.386 e. The molecule has 3 aromatic heterocycles. The van der Waals surface area contributed by atoms with Gasteiger partial charge in [0.15, 0.2) is 5.69 Å². The van der Waals surface area contributed by atoms with Crippen LogP contribution in [0.1, 0.15) is 29.0 Å². The SMILES string of the molecule is O=C(NC[C@H]1CC[C@@](F)(c2noc(-c3cc4ccccn4n3)n2)[C@H](O)[C@@H]1F)c1ccccc1. The van der Waals surface area contributed by atoms with Crippen molar-refractivity contribution in [2.75, 3.05) is 6.54 Å². The summed E-state index contributed by atoms with van der Waals surface area (Å²) in [5.74, 6) is -1.55. The number of nitrogens with one attached hydrogen (secondary N) is 1. The molecule has 33 heavy (non-hydrogen) atoms. The Balaban J connectivity index is 1.29. The lowest BCUT2D eigenvalue weighted by Crippen LogP contribution is -2.52. The van der Waals surface area contributed by atoms with E-state index in [-0.39, 0.29) is 31.2 Å². The summed E-state index contributed by atoms with van der Waals surface area (Å²) in [6, 6.07) is 15.7. The molecular formula is C23H21F2N5O3. The number of nitrogens with zero attached hydrogens (tertiary/aromatic N) is 4. The van der Waals surface area contributed by atoms with E-state index in [2.05, 4.69) is 20.6 Å². The Morgan fingerprint density at radius 1 is 1.24 bits per heavy atom. The van der Waals surface area contributed by atoms with E-state index in [1.54, 1.807) is 53.2 Å². The fraction of sp³-hybridized carbons (Fsp3) is 0.304. The smallest absolute Gasteiger partial charge is 0.278 e. The van der Waals surface area contributed by atoms with E-state index in [4.69, 9.17) is 4.52 Å². The summed E-state index contributed by atoms with van der Waals surface area (Å²) in [6.45, 7) is -0.0270. The number of carbonyl (C=O) groups excluding carboxylic acids is 1. The molecule has 0 spiro atoms. The number of carbonyl (C=O) groups is 1. The molecule has 1 aliphatic carbocycles. The van der Waals surface area contributed by atoms with Crippen LogP contribution in [0.3, 0.4) is 0 Å². The number of fused-ring (bicyclic) bond motifs is 1. The highest BCUT2D eigenvalue weighted by atomic mass is 19.2. The van der Waals surface area contributed by atoms with E-state index in [1.807, 2.05) is 12.1 Å². The lowest BCUT2D eigenvalue weighted by molar-refractivity contribution is -0.113. The molecule has 1 amide bonds. The fourth-order valence-corrected chi connectivity index (χ4v) is 4.13. The summed E-state index contributed by atoms with van der Waals surface area (Å²) in [7, 11) is 0. The predicted octanol–water partition coefficient (Wildman–Crippen LogP) is 3.09. The maximum Gasteiger partial charge on any atom is 0.278 e. The molecule has 0 saturated heterocycles. The van der Waals surface area contributed by atoms with Gasteiger partial charge in [0.2, 0.25) is 11.5 Å². The van der Waals surface area contributed by atoms with Gasteiger partial charge < -0.3 is 14.9 Å². The summed E-state index contributed by atoms with van der Waals surface area (Å²) < 4.78 is 37.5. The Labute approximate surface area is 187 Å². The van der Waals surface area contributed by atoms with Crippen molar-refractivity contribution < 1.29 is 23.2 Å². The quantitative estimate of drug-likeness (QED) is 0.481. The van der Waals surface area contributed by atoms with Gasteiger partial charge in [-0.1, -0.05) is 29.4 Å². The second-order valence-corrected chi connectivity index (χ2v) is 8.15. The van der Waals surface area contributed by atoms with Crippen molar-refractivity contribution in [1.29, 1.82) is 0 Å². The maximum atomic E-state index is 15.7. The predicted molar refractivity (Wildman–Crippen MR) is 114 cm³/mol. The van der Waals surface area contributed by atoms with Crippen LogP contribution in [0.2, 0.25) is 0 Å². The van der Waals surface area contributed by atoms with Crippen molar-refractivity contribution >= 4 is 11.4 Å². The zero-order valence-electron chi connectivity index (χ0n) is 17.4. The number of rotatable bonds is 5. The molecule has 1 saturated carbocycles. The van der Waals surface area contributed by atoms with E-state index in [0.29, 0.717) is 11.3 Å². The zero-order chi connectivity index (χ0) is 23.0. The summed E-state index contributed by atoms with van der Waals surface area (Å²) in [5, 5.41) is 21.1. The standard InChI is InChI=1S/C23H21F2N5O3/c24-18-15(13-26-20(32)14-6-2-1-3-7-14)9-10-23(25,19(18)31)22-27-21(33-29-22)17-12-16-8-4-5-11-30(16)28-17/h1-8,11-12,15,18-19,31H,9-10,13H2,(H,26,32)/t15-,18-,19-,23+/m1/s1. The van der Waals surface area contributed by atoms with Gasteiger partial charge >= 0.3 is 0 Å². The molecule has 8 nitrogen and oxygen atoms in total. The molecule has 0 unspecified atom stereocenters. The lowest BCUT2D eigenvalue weighted by Gasteiger charge is -2.38. The monoisotopic (exact) mass is 453 g/mol. The Kier molecular flexibility index (Phi) is 5.37. The van der Waals surface area contributed by atoms with Crippen molar-refractivity contribution in [2.45, 2.75) is 30.8 Å². The van der Waals surface area contributed by atoms with Gasteiger partial charge in [0, 0.05) is 24.2 Å². The van der Waals surface area contributed by atoms with Gasteiger partial charge in [-0.05, 0) is 43.2 Å². The van der Waals surface area contributed by atoms with Crippen molar-refractivity contribution in [1.82, 2.24) is 25.1 Å². The maximum absolute atomic E-state index is 15.7. The Hall–Kier alpha value is -3.66. The first-order valence-electron chi connectivity index (χ1n) is 10.6. The lowest BCUT2D eigenvalue weighted by atomic mass is 9.76. The first-order valence-corrected chi connectivity index (χ1v) is 10.6. The van der Waals surface area contributed by atoms with E-state index >= 15 is 8.78 Å². The van der Waals surface area contributed by atoms with Gasteiger partial charge in [0.05, 0.1) is 5.52 Å². The third-order valence-corrected chi connectivity index (χ3v) is 6.05. The molecular weight excluding hydrogens is 432 g/mol. The number of aliphatic hydroxyl groups excluding tert-OH is 1. The van der Waals surface area contributed by atoms with Crippen LogP contribution < -0.4 is 5.32 Å². The van der Waals surface area contributed by atoms with Gasteiger partial charge in [0.1, 0.15) is 12.3 Å². The fourth-order valence-electron chi connectivity index (χ4n) is 4.13. The number of hydrogen-bond acceptors (Lipinski definition) is 6. The van der Waals surface area contributed by atoms with E-state index < -0.39 is 29.7 Å². The largest absolute Gasteiger partial charge is 0.386 e. The Morgan fingerprint density at radius 3 is 2.82 bits per heavy atom. The normalized spacial score (nSPS) is 25.2. The van der Waals surface area contributed by atoms with Crippen LogP contribution >= 0.6 is 0 Å². The van der Waals surface area contributed by atoms with Crippen molar-refractivity contribution in [3.8, 4) is 11.6 Å². The molecule has 4 aromatic rings. The highest BCUT2D eigenvalue weighted by molar-refractivity contribution is 5.94. The average Bonchev–Trinajstić information content (AvgIpc) is 3.50. The molecule has 1 aromatic carbocycles. The van der Waals surface area contributed by atoms with Gasteiger partial charge in [0.25, 0.3) is 11.8 Å². The summed E-state index contributed by atoms with van der Waals surface area (Å²) in [5.41, 5.74) is -0.952. The topological polar surface area (TPSA) is 106 Å². The molecule has 2 N–H and O–H groups in total. The number of benzene rings is 1. The molecule has 4 atom stereocenters. The molecule has 1 aliphatic rings. The first kappa shape index (κ1) is 21.2. The molecule has 0 bridgehead atoms.